The molecule has 180 valence electrons. The van der Waals surface area contributed by atoms with Crippen LogP contribution >= 0.6 is 0 Å². The number of nitrogens with zero attached hydrogens (tertiary/aromatic N) is 4. The molecule has 7 heteroatoms. The summed E-state index contributed by atoms with van der Waals surface area (Å²) >= 11 is 0. The normalized spacial score (nSPS) is 23.5. The van der Waals surface area contributed by atoms with E-state index < -0.39 is 6.04 Å². The maximum absolute atomic E-state index is 12.3. The number of methoxy groups -OCH3 is 1. The average molecular weight is 454 g/mol. The van der Waals surface area contributed by atoms with Crippen LogP contribution in [0.4, 0.5) is 5.82 Å². The van der Waals surface area contributed by atoms with E-state index in [9.17, 15) is 4.79 Å². The van der Waals surface area contributed by atoms with Crippen LogP contribution in [0, 0.1) is 11.8 Å². The van der Waals surface area contributed by atoms with Gasteiger partial charge in [0, 0.05) is 37.6 Å². The molecule has 0 unspecified atom stereocenters. The Bertz CT molecular complexity index is 933. The predicted octanol–water partition coefficient (Wildman–Crippen LogP) is 3.94. The number of fused-ring (bicyclic) bond motifs is 1. The minimum absolute atomic E-state index is 0.0745. The lowest BCUT2D eigenvalue weighted by atomic mass is 9.86. The van der Waals surface area contributed by atoms with Gasteiger partial charge < -0.3 is 10.1 Å². The first kappa shape index (κ1) is 23.9. The predicted molar refractivity (Wildman–Crippen MR) is 132 cm³/mol. The van der Waals surface area contributed by atoms with Crippen molar-refractivity contribution in [2.75, 3.05) is 38.6 Å². The van der Waals surface area contributed by atoms with Crippen LogP contribution < -0.4 is 5.32 Å². The van der Waals surface area contributed by atoms with E-state index in [1.54, 1.807) is 0 Å². The van der Waals surface area contributed by atoms with Gasteiger partial charge in [-0.3, -0.25) is 9.80 Å². The number of piperazine rings is 1. The van der Waals surface area contributed by atoms with E-state index in [0.29, 0.717) is 5.82 Å². The smallest absolute Gasteiger partial charge is 0.328 e. The Morgan fingerprint density at radius 3 is 2.45 bits per heavy atom. The number of carbonyl (C=O) groups is 1. The Labute approximate surface area is 197 Å². The van der Waals surface area contributed by atoms with Crippen molar-refractivity contribution in [3.8, 4) is 0 Å². The maximum Gasteiger partial charge on any atom is 0.328 e. The van der Waals surface area contributed by atoms with E-state index in [0.717, 1.165) is 61.4 Å². The Balaban J connectivity index is 1.45. The highest BCUT2D eigenvalue weighted by Crippen LogP contribution is 2.28. The van der Waals surface area contributed by atoms with Crippen molar-refractivity contribution >= 4 is 22.7 Å². The fraction of sp³-hybridized carbons (Fsp3) is 0.654. The molecule has 2 fully saturated rings. The lowest BCUT2D eigenvalue weighted by Gasteiger charge is -2.41. The first-order chi connectivity index (χ1) is 15.9. The van der Waals surface area contributed by atoms with E-state index in [-0.39, 0.29) is 11.9 Å². The van der Waals surface area contributed by atoms with Crippen LogP contribution in [0.15, 0.2) is 24.3 Å². The molecule has 1 N–H and O–H groups in total. The van der Waals surface area contributed by atoms with E-state index in [1.165, 1.54) is 32.8 Å². The number of benzene rings is 1. The minimum Gasteiger partial charge on any atom is -0.467 e. The van der Waals surface area contributed by atoms with E-state index >= 15 is 0 Å². The third-order valence-corrected chi connectivity index (χ3v) is 7.34. The molecule has 2 heterocycles. The number of rotatable bonds is 7. The summed E-state index contributed by atoms with van der Waals surface area (Å²) in [5, 5.41) is 4.27. The second-order valence-electron chi connectivity index (χ2n) is 10.1. The molecule has 1 saturated heterocycles. The molecule has 1 saturated carbocycles. The summed E-state index contributed by atoms with van der Waals surface area (Å²) in [7, 11) is 1.43. The Morgan fingerprint density at radius 1 is 1.09 bits per heavy atom. The van der Waals surface area contributed by atoms with Crippen molar-refractivity contribution in [2.45, 2.75) is 65.1 Å². The zero-order chi connectivity index (χ0) is 23.4. The van der Waals surface area contributed by atoms with Gasteiger partial charge in [-0.2, -0.15) is 0 Å². The highest BCUT2D eigenvalue weighted by atomic mass is 16.5. The largest absolute Gasteiger partial charge is 0.467 e. The zero-order valence-electron chi connectivity index (χ0n) is 20.6. The van der Waals surface area contributed by atoms with Crippen LogP contribution in [0.5, 0.6) is 0 Å². The van der Waals surface area contributed by atoms with Gasteiger partial charge in [0.2, 0.25) is 0 Å². The number of hydrogen-bond donors (Lipinski definition) is 1. The Hall–Kier alpha value is -2.25. The van der Waals surface area contributed by atoms with Crippen LogP contribution in [0.3, 0.4) is 0 Å². The van der Waals surface area contributed by atoms with E-state index in [2.05, 4.69) is 22.0 Å². The van der Waals surface area contributed by atoms with Gasteiger partial charge in [-0.1, -0.05) is 32.9 Å². The maximum atomic E-state index is 12.3. The molecule has 33 heavy (non-hydrogen) atoms. The third kappa shape index (κ3) is 5.82. The number of aromatic nitrogens is 2. The highest BCUT2D eigenvalue weighted by molar-refractivity contribution is 5.91. The number of para-hydroxylation sites is 1. The van der Waals surface area contributed by atoms with Crippen molar-refractivity contribution in [3.05, 3.63) is 30.1 Å². The van der Waals surface area contributed by atoms with Gasteiger partial charge >= 0.3 is 5.97 Å². The molecule has 0 spiro atoms. The second kappa shape index (κ2) is 10.8. The summed E-state index contributed by atoms with van der Waals surface area (Å²) in [4.78, 5) is 27.2. The molecule has 0 amide bonds. The zero-order valence-corrected chi connectivity index (χ0v) is 20.6. The van der Waals surface area contributed by atoms with Gasteiger partial charge in [0.05, 0.1) is 19.2 Å². The van der Waals surface area contributed by atoms with Gasteiger partial charge in [-0.15, -0.1) is 0 Å². The molecule has 1 aromatic carbocycles. The van der Waals surface area contributed by atoms with Gasteiger partial charge in [0.15, 0.2) is 0 Å². The molecule has 1 atom stereocenters. The molecule has 2 aliphatic rings. The number of ether oxygens (including phenoxy) is 1. The van der Waals surface area contributed by atoms with Crippen molar-refractivity contribution in [3.63, 3.8) is 0 Å². The summed E-state index contributed by atoms with van der Waals surface area (Å²) in [6, 6.07) is 8.29. The van der Waals surface area contributed by atoms with Crippen molar-refractivity contribution in [1.82, 2.24) is 19.8 Å². The van der Waals surface area contributed by atoms with Crippen LogP contribution in [-0.2, 0) is 16.1 Å². The fourth-order valence-electron chi connectivity index (χ4n) is 5.17. The first-order valence-electron chi connectivity index (χ1n) is 12.5. The SMILES string of the molecule is COC(=O)[C@@H](Nc1nc(CN2CCN(C3CCC(C)CC3)CC2)nc2ccccc12)C(C)C. The van der Waals surface area contributed by atoms with Gasteiger partial charge in [0.25, 0.3) is 0 Å². The standard InChI is InChI=1S/C26H39N5O2/c1-18(2)24(26(32)33-4)29-25-21-7-5-6-8-22(21)27-23(28-25)17-30-13-15-31(16-14-30)20-11-9-19(3)10-12-20/h5-8,18-20,24H,9-17H2,1-4H3,(H,27,28,29)/t19?,20?,24-/m0/s1. The number of carbonyl (C=O) groups excluding carboxylic acids is 1. The quantitative estimate of drug-likeness (QED) is 0.637. The molecule has 2 aromatic rings. The first-order valence-corrected chi connectivity index (χ1v) is 12.5. The van der Waals surface area contributed by atoms with Crippen LogP contribution in [0.25, 0.3) is 10.9 Å². The van der Waals surface area contributed by atoms with Crippen LogP contribution in [0.2, 0.25) is 0 Å². The summed E-state index contributed by atoms with van der Waals surface area (Å²) in [6.45, 7) is 11.4. The lowest BCUT2D eigenvalue weighted by molar-refractivity contribution is -0.142. The van der Waals surface area contributed by atoms with E-state index in [1.807, 2.05) is 38.1 Å². The fourth-order valence-corrected chi connectivity index (χ4v) is 5.17. The summed E-state index contributed by atoms with van der Waals surface area (Å²) < 4.78 is 5.02. The lowest BCUT2D eigenvalue weighted by Crippen LogP contribution is -2.50. The Morgan fingerprint density at radius 2 is 1.79 bits per heavy atom. The summed E-state index contributed by atoms with van der Waals surface area (Å²) in [5.41, 5.74) is 0.896. The topological polar surface area (TPSA) is 70.6 Å². The molecule has 1 aromatic heterocycles. The third-order valence-electron chi connectivity index (χ3n) is 7.34. The summed E-state index contributed by atoms with van der Waals surface area (Å²) in [6.07, 6.45) is 5.44. The highest BCUT2D eigenvalue weighted by Gasteiger charge is 2.28. The number of nitrogens with one attached hydrogen (secondary N) is 1. The molecule has 1 aliphatic heterocycles. The Kier molecular flexibility index (Phi) is 7.81. The van der Waals surface area contributed by atoms with Crippen LogP contribution in [-0.4, -0.2) is 71.1 Å². The monoisotopic (exact) mass is 453 g/mol. The van der Waals surface area contributed by atoms with Crippen molar-refractivity contribution in [2.24, 2.45) is 11.8 Å². The summed E-state index contributed by atoms with van der Waals surface area (Å²) in [5.74, 6) is 2.19. The van der Waals surface area contributed by atoms with Gasteiger partial charge in [-0.05, 0) is 49.7 Å². The van der Waals surface area contributed by atoms with E-state index in [4.69, 9.17) is 14.7 Å². The van der Waals surface area contributed by atoms with Gasteiger partial charge in [0.1, 0.15) is 17.7 Å². The number of hydrogen-bond acceptors (Lipinski definition) is 7. The molecule has 4 rings (SSSR count). The number of esters is 1. The molecule has 0 radical (unpaired) electrons. The van der Waals surface area contributed by atoms with Gasteiger partial charge in [-0.25, -0.2) is 14.8 Å². The molecular weight excluding hydrogens is 414 g/mol. The number of anilines is 1. The molecule has 0 bridgehead atoms. The molecule has 1 aliphatic carbocycles. The molecular formula is C26H39N5O2. The van der Waals surface area contributed by atoms with Crippen LogP contribution in [0.1, 0.15) is 52.3 Å². The molecule has 7 nitrogen and oxygen atoms in total. The average Bonchev–Trinajstić information content (AvgIpc) is 2.83. The second-order valence-corrected chi connectivity index (χ2v) is 10.1. The van der Waals surface area contributed by atoms with Crippen molar-refractivity contribution in [1.29, 1.82) is 0 Å². The minimum atomic E-state index is -0.456. The van der Waals surface area contributed by atoms with Crippen molar-refractivity contribution < 1.29 is 9.53 Å².